The zero-order valence-corrected chi connectivity index (χ0v) is 11.7. The maximum atomic E-state index is 5.72. The number of nitrogens with two attached hydrogens (primary N) is 1. The molecule has 1 aromatic carbocycles. The van der Waals surface area contributed by atoms with Gasteiger partial charge in [0.2, 0.25) is 0 Å². The first-order valence-corrected chi connectivity index (χ1v) is 6.91. The Balaban J connectivity index is 2.18. The molecule has 0 bridgehead atoms. The number of nitrogens with zero attached hydrogens (tertiary/aromatic N) is 2. The molecule has 3 aromatic rings. The van der Waals surface area contributed by atoms with Crippen molar-refractivity contribution < 1.29 is 4.74 Å². The number of aromatic nitrogens is 2. The number of imidazole rings is 1. The van der Waals surface area contributed by atoms with Gasteiger partial charge in [0.05, 0.1) is 12.8 Å². The number of methoxy groups -OCH3 is 1. The molecule has 19 heavy (non-hydrogen) atoms. The smallest absolute Gasteiger partial charge is 0.194 e. The minimum Gasteiger partial charge on any atom is -0.496 e. The molecule has 2 N–H and O–H groups in total. The van der Waals surface area contributed by atoms with E-state index in [1.807, 2.05) is 28.1 Å². The van der Waals surface area contributed by atoms with E-state index in [-0.39, 0.29) is 0 Å². The molecular formula is C14H15N3OS. The van der Waals surface area contributed by atoms with Gasteiger partial charge in [-0.3, -0.25) is 4.40 Å². The van der Waals surface area contributed by atoms with E-state index in [9.17, 15) is 0 Å². The maximum Gasteiger partial charge on any atom is 0.194 e. The lowest BCUT2D eigenvalue weighted by atomic mass is 10.1. The van der Waals surface area contributed by atoms with Gasteiger partial charge in [0.15, 0.2) is 4.96 Å². The molecular weight excluding hydrogens is 258 g/mol. The monoisotopic (exact) mass is 273 g/mol. The highest BCUT2D eigenvalue weighted by Gasteiger charge is 2.12. The van der Waals surface area contributed by atoms with Gasteiger partial charge in [0.25, 0.3) is 0 Å². The summed E-state index contributed by atoms with van der Waals surface area (Å²) in [5.74, 6) is 0.839. The van der Waals surface area contributed by atoms with Crippen LogP contribution in [0.3, 0.4) is 0 Å². The molecule has 0 aliphatic carbocycles. The zero-order valence-electron chi connectivity index (χ0n) is 10.9. The van der Waals surface area contributed by atoms with Crippen molar-refractivity contribution in [1.29, 1.82) is 0 Å². The van der Waals surface area contributed by atoms with Crippen molar-refractivity contribution in [3.8, 4) is 17.0 Å². The largest absolute Gasteiger partial charge is 0.496 e. The highest BCUT2D eigenvalue weighted by molar-refractivity contribution is 7.15. The van der Waals surface area contributed by atoms with Gasteiger partial charge < -0.3 is 10.5 Å². The number of hydrogen-bond donors (Lipinski definition) is 1. The number of aryl methyl sites for hydroxylation is 1. The standard InChI is InChI=1S/C14H15N3OS/c1-9-3-4-13(18-2)11(5-9)12-7-17-10(6-15)8-19-14(17)16-12/h3-5,7-8H,6,15H2,1-2H3. The molecule has 2 heterocycles. The van der Waals surface area contributed by atoms with Crippen LogP contribution in [0.1, 0.15) is 11.3 Å². The van der Waals surface area contributed by atoms with E-state index in [2.05, 4.69) is 18.0 Å². The fraction of sp³-hybridized carbons (Fsp3) is 0.214. The van der Waals surface area contributed by atoms with Gasteiger partial charge >= 0.3 is 0 Å². The van der Waals surface area contributed by atoms with E-state index in [1.165, 1.54) is 5.56 Å². The van der Waals surface area contributed by atoms with Crippen LogP contribution in [0.25, 0.3) is 16.2 Å². The van der Waals surface area contributed by atoms with Crippen molar-refractivity contribution in [2.75, 3.05) is 7.11 Å². The minimum atomic E-state index is 0.515. The van der Waals surface area contributed by atoms with Gasteiger partial charge in [0.1, 0.15) is 5.75 Å². The Morgan fingerprint density at radius 2 is 2.26 bits per heavy atom. The van der Waals surface area contributed by atoms with Crippen LogP contribution in [0.2, 0.25) is 0 Å². The summed E-state index contributed by atoms with van der Waals surface area (Å²) in [6, 6.07) is 6.10. The topological polar surface area (TPSA) is 52.5 Å². The van der Waals surface area contributed by atoms with Crippen LogP contribution in [0, 0.1) is 6.92 Å². The summed E-state index contributed by atoms with van der Waals surface area (Å²) in [5.41, 5.74) is 9.92. The fourth-order valence-corrected chi connectivity index (χ4v) is 3.01. The number of rotatable bonds is 3. The second-order valence-electron chi connectivity index (χ2n) is 4.41. The van der Waals surface area contributed by atoms with E-state index in [1.54, 1.807) is 18.4 Å². The third-order valence-electron chi connectivity index (χ3n) is 3.12. The molecule has 0 aliphatic rings. The summed E-state index contributed by atoms with van der Waals surface area (Å²) in [7, 11) is 1.68. The van der Waals surface area contributed by atoms with Crippen molar-refractivity contribution in [1.82, 2.24) is 9.38 Å². The van der Waals surface area contributed by atoms with E-state index in [0.29, 0.717) is 6.54 Å². The summed E-state index contributed by atoms with van der Waals surface area (Å²) in [5, 5.41) is 2.04. The molecule has 0 fully saturated rings. The number of hydrogen-bond acceptors (Lipinski definition) is 4. The molecule has 0 radical (unpaired) electrons. The molecule has 0 aliphatic heterocycles. The number of ether oxygens (including phenoxy) is 1. The van der Waals surface area contributed by atoms with Crippen LogP contribution < -0.4 is 10.5 Å². The molecule has 0 atom stereocenters. The molecule has 0 saturated carbocycles. The number of benzene rings is 1. The first kappa shape index (κ1) is 12.2. The predicted molar refractivity (Wildman–Crippen MR) is 77.7 cm³/mol. The van der Waals surface area contributed by atoms with Gasteiger partial charge in [-0.15, -0.1) is 11.3 Å². The van der Waals surface area contributed by atoms with Crippen LogP contribution in [0.5, 0.6) is 5.75 Å². The summed E-state index contributed by atoms with van der Waals surface area (Å²) in [6.07, 6.45) is 2.02. The molecule has 0 saturated heterocycles. The van der Waals surface area contributed by atoms with Gasteiger partial charge in [0, 0.05) is 29.4 Å². The van der Waals surface area contributed by atoms with Gasteiger partial charge in [-0.25, -0.2) is 4.98 Å². The van der Waals surface area contributed by atoms with Gasteiger partial charge in [-0.2, -0.15) is 0 Å². The Kier molecular flexibility index (Phi) is 3.00. The summed E-state index contributed by atoms with van der Waals surface area (Å²) >= 11 is 1.60. The quantitative estimate of drug-likeness (QED) is 0.798. The van der Waals surface area contributed by atoms with Crippen molar-refractivity contribution in [3.63, 3.8) is 0 Å². The lowest BCUT2D eigenvalue weighted by Gasteiger charge is -2.06. The molecule has 0 unspecified atom stereocenters. The average Bonchev–Trinajstić information content (AvgIpc) is 2.98. The SMILES string of the molecule is COc1ccc(C)cc1-c1cn2c(CN)csc2n1. The minimum absolute atomic E-state index is 0.515. The van der Waals surface area contributed by atoms with Crippen LogP contribution in [-0.4, -0.2) is 16.5 Å². The Labute approximate surface area is 115 Å². The molecule has 5 heteroatoms. The first-order chi connectivity index (χ1) is 9.22. The highest BCUT2D eigenvalue weighted by Crippen LogP contribution is 2.31. The van der Waals surface area contributed by atoms with Crippen LogP contribution in [-0.2, 0) is 6.54 Å². The number of thiazole rings is 1. The predicted octanol–water partition coefficient (Wildman–Crippen LogP) is 2.84. The second-order valence-corrected chi connectivity index (χ2v) is 5.25. The highest BCUT2D eigenvalue weighted by atomic mass is 32.1. The van der Waals surface area contributed by atoms with E-state index in [0.717, 1.165) is 27.7 Å². The average molecular weight is 273 g/mol. The Bertz CT molecular complexity index is 729. The second kappa shape index (κ2) is 4.68. The number of fused-ring (bicyclic) bond motifs is 1. The molecule has 3 rings (SSSR count). The van der Waals surface area contributed by atoms with Crippen molar-refractivity contribution in [2.24, 2.45) is 5.73 Å². The van der Waals surface area contributed by atoms with E-state index < -0.39 is 0 Å². The Hall–Kier alpha value is -1.85. The van der Waals surface area contributed by atoms with Crippen LogP contribution in [0.15, 0.2) is 29.8 Å². The maximum absolute atomic E-state index is 5.72. The van der Waals surface area contributed by atoms with Gasteiger partial charge in [-0.05, 0) is 19.1 Å². The normalized spacial score (nSPS) is 11.1. The third kappa shape index (κ3) is 2.01. The Morgan fingerprint density at radius 3 is 3.00 bits per heavy atom. The molecule has 0 spiro atoms. The molecule has 4 nitrogen and oxygen atoms in total. The lowest BCUT2D eigenvalue weighted by Crippen LogP contribution is -1.98. The van der Waals surface area contributed by atoms with E-state index in [4.69, 9.17) is 10.5 Å². The molecule has 98 valence electrons. The molecule has 0 amide bonds. The fourth-order valence-electron chi connectivity index (χ4n) is 2.13. The Morgan fingerprint density at radius 1 is 1.42 bits per heavy atom. The lowest BCUT2D eigenvalue weighted by molar-refractivity contribution is 0.416. The van der Waals surface area contributed by atoms with Crippen molar-refractivity contribution >= 4 is 16.3 Å². The van der Waals surface area contributed by atoms with Gasteiger partial charge in [-0.1, -0.05) is 11.6 Å². The summed E-state index contributed by atoms with van der Waals surface area (Å²) in [6.45, 7) is 2.58. The van der Waals surface area contributed by atoms with Crippen LogP contribution in [0.4, 0.5) is 0 Å². The van der Waals surface area contributed by atoms with Crippen LogP contribution >= 0.6 is 11.3 Å². The molecule has 2 aromatic heterocycles. The zero-order chi connectivity index (χ0) is 13.4. The first-order valence-electron chi connectivity index (χ1n) is 6.03. The summed E-state index contributed by atoms with van der Waals surface area (Å²) in [4.78, 5) is 5.60. The van der Waals surface area contributed by atoms with E-state index >= 15 is 0 Å². The third-order valence-corrected chi connectivity index (χ3v) is 4.01. The van der Waals surface area contributed by atoms with Crippen molar-refractivity contribution in [2.45, 2.75) is 13.5 Å². The summed E-state index contributed by atoms with van der Waals surface area (Å²) < 4.78 is 7.46. The van der Waals surface area contributed by atoms with Crippen molar-refractivity contribution in [3.05, 3.63) is 41.0 Å².